The van der Waals surface area contributed by atoms with E-state index in [9.17, 15) is 4.79 Å². The number of thioether (sulfide) groups is 1. The van der Waals surface area contributed by atoms with Gasteiger partial charge in [-0.2, -0.15) is 5.10 Å². The van der Waals surface area contributed by atoms with Crippen LogP contribution in [-0.2, 0) is 18.5 Å². The van der Waals surface area contributed by atoms with Gasteiger partial charge in [0.15, 0.2) is 0 Å². The molecule has 1 aliphatic heterocycles. The largest absolute Gasteiger partial charge is 0.334 e. The number of carbonyl (C=O) groups is 1. The topological polar surface area (TPSA) is 66.3 Å². The van der Waals surface area contributed by atoms with E-state index in [0.29, 0.717) is 13.1 Å². The molecule has 1 aliphatic carbocycles. The molecular weight excluding hydrogens is 492 g/mol. The van der Waals surface area contributed by atoms with Crippen LogP contribution in [0.15, 0.2) is 41.3 Å². The lowest BCUT2D eigenvalue weighted by molar-refractivity contribution is 0.245. The monoisotopic (exact) mass is 532 g/mol. The molecule has 0 radical (unpaired) electrons. The number of amides is 2. The number of urea groups is 1. The van der Waals surface area contributed by atoms with Crippen molar-refractivity contribution < 1.29 is 4.79 Å². The molecule has 8 heteroatoms. The van der Waals surface area contributed by atoms with Crippen molar-refractivity contribution in [2.24, 2.45) is 0 Å². The quantitative estimate of drug-likeness (QED) is 0.373. The number of carbonyl (C=O) groups excluding carboxylic acids is 1. The number of anilines is 1. The molecule has 1 N–H and O–H groups in total. The van der Waals surface area contributed by atoms with Crippen LogP contribution in [0.3, 0.4) is 0 Å². The van der Waals surface area contributed by atoms with Crippen LogP contribution in [0.2, 0.25) is 0 Å². The van der Waals surface area contributed by atoms with Gasteiger partial charge < -0.3 is 10.2 Å². The second-order valence-corrected chi connectivity index (χ2v) is 12.3. The molecule has 0 saturated heterocycles. The van der Waals surface area contributed by atoms with Gasteiger partial charge in [-0.05, 0) is 76.4 Å². The molecule has 2 aromatic heterocycles. The van der Waals surface area contributed by atoms with E-state index < -0.39 is 0 Å². The summed E-state index contributed by atoms with van der Waals surface area (Å²) in [6, 6.07) is 12.6. The van der Waals surface area contributed by atoms with Gasteiger partial charge in [-0.15, -0.1) is 11.8 Å². The first kappa shape index (κ1) is 26.8. The number of pyridine rings is 1. The fourth-order valence-electron chi connectivity index (χ4n) is 6.01. The van der Waals surface area contributed by atoms with Crippen LogP contribution in [0.1, 0.15) is 55.3 Å². The minimum absolute atomic E-state index is 0.0412. The molecule has 1 aromatic carbocycles. The van der Waals surface area contributed by atoms with Gasteiger partial charge in [0, 0.05) is 41.2 Å². The van der Waals surface area contributed by atoms with Gasteiger partial charge in [-0.3, -0.25) is 9.58 Å². The van der Waals surface area contributed by atoms with Gasteiger partial charge in [-0.25, -0.2) is 9.78 Å². The standard InChI is InChI=1S/C30H40N6OS/c1-6-38-24-11-9-23(10-12-24)19-31-29(37)35-20-30(15-7-8-16-30)28-26(35)14-13-25(32-28)27-21(2)33-36(22(27)3)18-17-34(4)5/h9-14H,6-8,15-20H2,1-5H3,(H,31,37). The molecule has 1 saturated carbocycles. The number of nitrogens with one attached hydrogen (secondary N) is 1. The van der Waals surface area contributed by atoms with Crippen molar-refractivity contribution in [1.82, 2.24) is 25.0 Å². The van der Waals surface area contributed by atoms with Crippen molar-refractivity contribution in [3.05, 3.63) is 59.0 Å². The zero-order valence-corrected chi connectivity index (χ0v) is 24.2. The maximum atomic E-state index is 13.4. The number of aryl methyl sites for hydroxylation is 1. The Kier molecular flexibility index (Phi) is 7.82. The molecule has 1 fully saturated rings. The van der Waals surface area contributed by atoms with E-state index >= 15 is 0 Å². The summed E-state index contributed by atoms with van der Waals surface area (Å²) in [7, 11) is 4.17. The summed E-state index contributed by atoms with van der Waals surface area (Å²) >= 11 is 1.83. The van der Waals surface area contributed by atoms with Crippen molar-refractivity contribution >= 4 is 23.5 Å². The molecule has 0 bridgehead atoms. The zero-order valence-electron chi connectivity index (χ0n) is 23.4. The number of benzene rings is 1. The average molecular weight is 533 g/mol. The zero-order chi connectivity index (χ0) is 26.9. The minimum Gasteiger partial charge on any atom is -0.334 e. The molecule has 2 amide bonds. The van der Waals surface area contributed by atoms with E-state index in [0.717, 1.165) is 71.3 Å². The van der Waals surface area contributed by atoms with Crippen molar-refractivity contribution in [1.29, 1.82) is 0 Å². The maximum Gasteiger partial charge on any atom is 0.322 e. The smallest absolute Gasteiger partial charge is 0.322 e. The first-order valence-corrected chi connectivity index (χ1v) is 14.8. The van der Waals surface area contributed by atoms with Crippen LogP contribution in [0.4, 0.5) is 10.5 Å². The van der Waals surface area contributed by atoms with Gasteiger partial charge in [0.25, 0.3) is 0 Å². The lowest BCUT2D eigenvalue weighted by Crippen LogP contribution is -2.41. The summed E-state index contributed by atoms with van der Waals surface area (Å²) in [6.45, 7) is 9.38. The summed E-state index contributed by atoms with van der Waals surface area (Å²) in [5.74, 6) is 1.06. The maximum absolute atomic E-state index is 13.4. The third kappa shape index (κ3) is 5.21. The average Bonchev–Trinajstić information content (AvgIpc) is 3.59. The van der Waals surface area contributed by atoms with E-state index in [1.165, 1.54) is 17.7 Å². The van der Waals surface area contributed by atoms with E-state index in [1.54, 1.807) is 0 Å². The second-order valence-electron chi connectivity index (χ2n) is 10.9. The van der Waals surface area contributed by atoms with Crippen molar-refractivity contribution in [3.63, 3.8) is 0 Å². The Morgan fingerprint density at radius 3 is 2.53 bits per heavy atom. The molecule has 0 unspecified atom stereocenters. The number of hydrogen-bond donors (Lipinski definition) is 1. The fraction of sp³-hybridized carbons (Fsp3) is 0.500. The fourth-order valence-corrected chi connectivity index (χ4v) is 6.67. The van der Waals surface area contributed by atoms with Crippen molar-refractivity contribution in [2.45, 2.75) is 69.9 Å². The summed E-state index contributed by atoms with van der Waals surface area (Å²) in [5, 5.41) is 7.99. The Hall–Kier alpha value is -2.84. The number of nitrogens with zero attached hydrogens (tertiary/aromatic N) is 5. The van der Waals surface area contributed by atoms with Crippen LogP contribution in [0.25, 0.3) is 11.3 Å². The normalized spacial score (nSPS) is 16.0. The Labute approximate surface area is 231 Å². The summed E-state index contributed by atoms with van der Waals surface area (Å²) in [4.78, 5) is 24.1. The van der Waals surface area contributed by atoms with E-state index in [4.69, 9.17) is 10.1 Å². The molecule has 3 heterocycles. The van der Waals surface area contributed by atoms with E-state index in [1.807, 2.05) is 16.7 Å². The number of likely N-dealkylation sites (N-methyl/N-ethyl adjacent to an activating group) is 1. The predicted molar refractivity (Wildman–Crippen MR) is 156 cm³/mol. The molecule has 2 aliphatic rings. The number of rotatable bonds is 8. The van der Waals surface area contributed by atoms with Crippen LogP contribution in [-0.4, -0.2) is 58.6 Å². The first-order chi connectivity index (χ1) is 18.3. The van der Waals surface area contributed by atoms with Crippen LogP contribution in [0, 0.1) is 13.8 Å². The lowest BCUT2D eigenvalue weighted by atomic mass is 9.84. The highest BCUT2D eigenvalue weighted by molar-refractivity contribution is 7.99. The Morgan fingerprint density at radius 1 is 1.11 bits per heavy atom. The van der Waals surface area contributed by atoms with Gasteiger partial charge in [0.1, 0.15) is 0 Å². The molecule has 38 heavy (non-hydrogen) atoms. The molecule has 0 atom stereocenters. The highest BCUT2D eigenvalue weighted by Crippen LogP contribution is 2.50. The van der Waals surface area contributed by atoms with Gasteiger partial charge in [0.05, 0.1) is 29.3 Å². The molecule has 3 aromatic rings. The van der Waals surface area contributed by atoms with Crippen LogP contribution >= 0.6 is 11.8 Å². The van der Waals surface area contributed by atoms with Crippen molar-refractivity contribution in [2.75, 3.05) is 37.8 Å². The first-order valence-electron chi connectivity index (χ1n) is 13.8. The third-order valence-electron chi connectivity index (χ3n) is 8.01. The Balaban J connectivity index is 1.39. The van der Waals surface area contributed by atoms with Gasteiger partial charge >= 0.3 is 6.03 Å². The van der Waals surface area contributed by atoms with Crippen LogP contribution < -0.4 is 10.2 Å². The SMILES string of the molecule is CCSc1ccc(CNC(=O)N2CC3(CCCC3)c3nc(-c4c(C)nn(CCN(C)C)c4C)ccc32)cc1. The van der Waals surface area contributed by atoms with E-state index in [-0.39, 0.29) is 11.4 Å². The molecule has 1 spiro atoms. The lowest BCUT2D eigenvalue weighted by Gasteiger charge is -2.24. The number of aromatic nitrogens is 3. The summed E-state index contributed by atoms with van der Waals surface area (Å²) < 4.78 is 2.10. The second kappa shape index (κ2) is 11.1. The van der Waals surface area contributed by atoms with Gasteiger partial charge in [0.2, 0.25) is 0 Å². The van der Waals surface area contributed by atoms with Crippen LogP contribution in [0.5, 0.6) is 0 Å². The Bertz CT molecular complexity index is 1290. The third-order valence-corrected chi connectivity index (χ3v) is 8.90. The summed E-state index contributed by atoms with van der Waals surface area (Å²) in [5.41, 5.74) is 7.34. The Morgan fingerprint density at radius 2 is 1.84 bits per heavy atom. The minimum atomic E-state index is -0.0512. The predicted octanol–water partition coefficient (Wildman–Crippen LogP) is 5.78. The molecule has 202 valence electrons. The van der Waals surface area contributed by atoms with Gasteiger partial charge in [-0.1, -0.05) is 31.9 Å². The molecule has 5 rings (SSSR count). The molecular formula is C30H40N6OS. The van der Waals surface area contributed by atoms with E-state index in [2.05, 4.69) is 86.2 Å². The highest BCUT2D eigenvalue weighted by Gasteiger charge is 2.48. The number of fused-ring (bicyclic) bond motifs is 2. The van der Waals surface area contributed by atoms with Crippen molar-refractivity contribution in [3.8, 4) is 11.3 Å². The molecule has 7 nitrogen and oxygen atoms in total. The summed E-state index contributed by atoms with van der Waals surface area (Å²) in [6.07, 6.45) is 4.53. The highest BCUT2D eigenvalue weighted by atomic mass is 32.2. The number of hydrogen-bond acceptors (Lipinski definition) is 5.